The Balaban J connectivity index is 1.87. The summed E-state index contributed by atoms with van der Waals surface area (Å²) in [4.78, 5) is 14.8. The molecule has 0 saturated carbocycles. The van der Waals surface area contributed by atoms with E-state index in [-0.39, 0.29) is 11.9 Å². The van der Waals surface area contributed by atoms with Gasteiger partial charge in [-0.25, -0.2) is 0 Å². The van der Waals surface area contributed by atoms with E-state index in [1.807, 2.05) is 37.3 Å². The van der Waals surface area contributed by atoms with E-state index < -0.39 is 6.41 Å². The predicted octanol–water partition coefficient (Wildman–Crippen LogP) is 4.61. The fourth-order valence-corrected chi connectivity index (χ4v) is 3.87. The lowest BCUT2D eigenvalue weighted by molar-refractivity contribution is -0.186. The number of aliphatic hydroxyl groups excluding tert-OH is 1. The maximum Gasteiger partial charge on any atom is 0.237 e. The number of fused-ring (bicyclic) bond motifs is 1. The fourth-order valence-electron chi connectivity index (χ4n) is 3.87. The Morgan fingerprint density at radius 2 is 2.07 bits per heavy atom. The molecule has 2 aliphatic carbocycles. The molecular formula is C26H27NO3. The molecule has 154 valence electrons. The van der Waals surface area contributed by atoms with E-state index in [0.29, 0.717) is 17.6 Å². The molecular weight excluding hydrogens is 374 g/mol. The van der Waals surface area contributed by atoms with Crippen molar-refractivity contribution in [3.63, 3.8) is 0 Å². The number of allylic oxidation sites excluding steroid dienone is 5. The first-order chi connectivity index (χ1) is 14.5. The molecule has 1 aromatic carbocycles. The van der Waals surface area contributed by atoms with Crippen LogP contribution in [0.4, 0.5) is 0 Å². The molecule has 4 nitrogen and oxygen atoms in total. The standard InChI is InChI=1S/C26H27NO3/c1-5-7-10-16-27(4)26(29)30-18(3)19-12-11-15-22-20(6-2)21-13-8-9-14-23(21)25(28)24(22)17-19/h1,8-10,13-14,16-18,26,29H,2,7,11-12,15H2,3-4H3/b16-10-/t18-,26?/m1/s1. The molecule has 0 radical (unpaired) electrons. The molecule has 4 heteroatoms. The topological polar surface area (TPSA) is 49.8 Å². The molecule has 0 bridgehead atoms. The van der Waals surface area contributed by atoms with Gasteiger partial charge >= 0.3 is 0 Å². The van der Waals surface area contributed by atoms with Crippen LogP contribution in [0.1, 0.15) is 48.5 Å². The number of nitrogens with zero attached hydrogens (tertiary/aromatic N) is 1. The number of carbonyl (C=O) groups is 1. The smallest absolute Gasteiger partial charge is 0.237 e. The van der Waals surface area contributed by atoms with Crippen LogP contribution in [0.15, 0.2) is 71.6 Å². The van der Waals surface area contributed by atoms with Gasteiger partial charge in [0.25, 0.3) is 0 Å². The van der Waals surface area contributed by atoms with Gasteiger partial charge in [-0.05, 0) is 43.4 Å². The summed E-state index contributed by atoms with van der Waals surface area (Å²) in [6.45, 7) is 5.76. The highest BCUT2D eigenvalue weighted by atomic mass is 16.6. The number of ketones is 1. The van der Waals surface area contributed by atoms with Gasteiger partial charge in [-0.2, -0.15) is 0 Å². The van der Waals surface area contributed by atoms with Gasteiger partial charge in [0.15, 0.2) is 5.78 Å². The molecule has 2 aliphatic rings. The minimum Gasteiger partial charge on any atom is -0.351 e. The first kappa shape index (κ1) is 21.6. The molecule has 0 spiro atoms. The van der Waals surface area contributed by atoms with Crippen LogP contribution in [0.2, 0.25) is 0 Å². The Morgan fingerprint density at radius 3 is 2.77 bits per heavy atom. The maximum atomic E-state index is 13.2. The van der Waals surface area contributed by atoms with Crippen LogP contribution in [-0.4, -0.2) is 35.4 Å². The number of benzene rings is 1. The third kappa shape index (κ3) is 4.40. The Hall–Kier alpha value is -3.09. The van der Waals surface area contributed by atoms with E-state index in [1.54, 1.807) is 24.2 Å². The summed E-state index contributed by atoms with van der Waals surface area (Å²) in [7, 11) is 1.72. The average Bonchev–Trinajstić information content (AvgIpc) is 2.98. The van der Waals surface area contributed by atoms with Crippen LogP contribution in [0, 0.1) is 12.3 Å². The number of hydrogen-bond donors (Lipinski definition) is 1. The van der Waals surface area contributed by atoms with Gasteiger partial charge in [-0.3, -0.25) is 4.79 Å². The lowest BCUT2D eigenvalue weighted by atomic mass is 9.80. The van der Waals surface area contributed by atoms with Crippen molar-refractivity contribution in [2.45, 2.75) is 45.1 Å². The lowest BCUT2D eigenvalue weighted by Crippen LogP contribution is -2.33. The van der Waals surface area contributed by atoms with Crippen LogP contribution in [0.3, 0.4) is 0 Å². The van der Waals surface area contributed by atoms with Crippen molar-refractivity contribution in [3.05, 3.63) is 82.8 Å². The van der Waals surface area contributed by atoms with Crippen LogP contribution in [-0.2, 0) is 4.74 Å². The Kier molecular flexibility index (Phi) is 6.92. The fraction of sp³-hybridized carbons (Fsp3) is 0.308. The molecule has 2 atom stereocenters. The highest BCUT2D eigenvalue weighted by Crippen LogP contribution is 2.40. The molecule has 0 heterocycles. The molecule has 1 unspecified atom stereocenters. The molecule has 0 aliphatic heterocycles. The first-order valence-electron chi connectivity index (χ1n) is 10.1. The van der Waals surface area contributed by atoms with Gasteiger partial charge in [0.2, 0.25) is 6.41 Å². The van der Waals surface area contributed by atoms with Crippen molar-refractivity contribution in [2.24, 2.45) is 0 Å². The summed E-state index contributed by atoms with van der Waals surface area (Å²) in [5.74, 6) is 2.53. The number of Topliss-reactive ketones (excluding diaryl/α,β-unsaturated/α-hetero) is 1. The summed E-state index contributed by atoms with van der Waals surface area (Å²) < 4.78 is 5.82. The van der Waals surface area contributed by atoms with Crippen LogP contribution < -0.4 is 0 Å². The van der Waals surface area contributed by atoms with E-state index in [2.05, 4.69) is 18.2 Å². The molecule has 1 N–H and O–H groups in total. The molecule has 30 heavy (non-hydrogen) atoms. The van der Waals surface area contributed by atoms with E-state index in [9.17, 15) is 9.90 Å². The Morgan fingerprint density at radius 1 is 1.33 bits per heavy atom. The monoisotopic (exact) mass is 401 g/mol. The molecule has 0 saturated heterocycles. The van der Waals surface area contributed by atoms with Crippen molar-refractivity contribution in [1.29, 1.82) is 0 Å². The van der Waals surface area contributed by atoms with Gasteiger partial charge in [0, 0.05) is 41.9 Å². The highest BCUT2D eigenvalue weighted by molar-refractivity contribution is 6.19. The van der Waals surface area contributed by atoms with Crippen molar-refractivity contribution < 1.29 is 14.6 Å². The Bertz CT molecular complexity index is 1010. The van der Waals surface area contributed by atoms with E-state index in [0.717, 1.165) is 41.5 Å². The summed E-state index contributed by atoms with van der Waals surface area (Å²) in [6, 6.07) is 7.60. The van der Waals surface area contributed by atoms with Gasteiger partial charge in [-0.1, -0.05) is 36.9 Å². The number of aliphatic hydroxyl groups is 1. The van der Waals surface area contributed by atoms with Gasteiger partial charge in [0.1, 0.15) is 0 Å². The zero-order valence-electron chi connectivity index (χ0n) is 17.5. The zero-order chi connectivity index (χ0) is 21.7. The zero-order valence-corrected chi connectivity index (χ0v) is 17.5. The molecule has 1 aromatic rings. The number of terminal acetylenes is 1. The summed E-state index contributed by atoms with van der Waals surface area (Å²) in [5.41, 5.74) is 8.18. The van der Waals surface area contributed by atoms with Crippen molar-refractivity contribution in [2.75, 3.05) is 7.05 Å². The molecule has 0 fully saturated rings. The SMILES string of the molecule is C#CC/C=C\N(C)C(O)O[C@H](C)C1=CC2=C(CCC1)C(=C=C)c1ccccc1C2=O. The van der Waals surface area contributed by atoms with E-state index in [4.69, 9.17) is 11.2 Å². The predicted molar refractivity (Wildman–Crippen MR) is 119 cm³/mol. The minimum atomic E-state index is -1.11. The van der Waals surface area contributed by atoms with Crippen LogP contribution >= 0.6 is 0 Å². The summed E-state index contributed by atoms with van der Waals surface area (Å²) in [6.07, 6.45) is 12.1. The molecule has 3 rings (SSSR count). The largest absolute Gasteiger partial charge is 0.351 e. The Labute approximate surface area is 178 Å². The maximum absolute atomic E-state index is 13.2. The molecule has 0 amide bonds. The first-order valence-corrected chi connectivity index (χ1v) is 10.1. The third-order valence-corrected chi connectivity index (χ3v) is 5.48. The van der Waals surface area contributed by atoms with Crippen molar-refractivity contribution in [1.82, 2.24) is 4.90 Å². The number of rotatable bonds is 6. The second-order valence-electron chi connectivity index (χ2n) is 7.45. The summed E-state index contributed by atoms with van der Waals surface area (Å²) in [5, 5.41) is 10.4. The average molecular weight is 402 g/mol. The second-order valence-corrected chi connectivity index (χ2v) is 7.45. The lowest BCUT2D eigenvalue weighted by Gasteiger charge is -2.26. The number of ether oxygens (including phenoxy) is 1. The van der Waals surface area contributed by atoms with E-state index >= 15 is 0 Å². The number of carbonyl (C=O) groups excluding carboxylic acids is 1. The van der Waals surface area contributed by atoms with E-state index in [1.165, 1.54) is 0 Å². The minimum absolute atomic E-state index is 0.0149. The van der Waals surface area contributed by atoms with Gasteiger partial charge in [0.05, 0.1) is 6.10 Å². The number of hydrogen-bond acceptors (Lipinski definition) is 4. The van der Waals surface area contributed by atoms with Gasteiger partial charge in [-0.15, -0.1) is 18.1 Å². The van der Waals surface area contributed by atoms with Crippen molar-refractivity contribution >= 4 is 11.4 Å². The van der Waals surface area contributed by atoms with Crippen molar-refractivity contribution in [3.8, 4) is 12.3 Å². The normalized spacial score (nSPS) is 18.0. The molecule has 0 aromatic heterocycles. The third-order valence-electron chi connectivity index (χ3n) is 5.48. The quantitative estimate of drug-likeness (QED) is 0.430. The van der Waals surface area contributed by atoms with Gasteiger partial charge < -0.3 is 14.7 Å². The van der Waals surface area contributed by atoms with Crippen LogP contribution in [0.25, 0.3) is 5.57 Å². The summed E-state index contributed by atoms with van der Waals surface area (Å²) >= 11 is 0. The highest BCUT2D eigenvalue weighted by Gasteiger charge is 2.30. The van der Waals surface area contributed by atoms with Crippen LogP contribution in [0.5, 0.6) is 0 Å². The second kappa shape index (κ2) is 9.61.